The molecule has 2 aromatic rings. The normalized spacial score (nSPS) is 20.2. The van der Waals surface area contributed by atoms with Crippen LogP contribution in [-0.2, 0) is 6.42 Å². The van der Waals surface area contributed by atoms with Gasteiger partial charge < -0.3 is 4.90 Å². The van der Waals surface area contributed by atoms with Crippen LogP contribution in [0, 0.1) is 0 Å². The highest BCUT2D eigenvalue weighted by Gasteiger charge is 2.36. The van der Waals surface area contributed by atoms with Gasteiger partial charge in [-0.3, -0.25) is 4.90 Å². The standard InChI is InChI=1S/C24H32FN5/c1-5-7-22(17(3)4)24-18(6-2)13-30(27-24)20-8-9-23(26-12-20)29-15-21(16-29)28-11-10-19(25)14-28/h5,7-9,12-13,19,21H,6,10-11,14-16H2,1-4H3/b7-5-. The van der Waals surface area contributed by atoms with Crippen molar-refractivity contribution in [2.45, 2.75) is 52.8 Å². The second kappa shape index (κ2) is 8.72. The summed E-state index contributed by atoms with van der Waals surface area (Å²) in [6.07, 6.45) is 9.16. The molecule has 1 atom stereocenters. The number of halogens is 1. The molecule has 2 aromatic heterocycles. The predicted octanol–water partition coefficient (Wildman–Crippen LogP) is 4.43. The van der Waals surface area contributed by atoms with E-state index in [-0.39, 0.29) is 0 Å². The Morgan fingerprint density at radius 1 is 1.23 bits per heavy atom. The third-order valence-electron chi connectivity index (χ3n) is 6.16. The lowest BCUT2D eigenvalue weighted by Gasteiger charge is -2.44. The van der Waals surface area contributed by atoms with Gasteiger partial charge in [-0.1, -0.05) is 24.6 Å². The largest absolute Gasteiger partial charge is 0.353 e. The summed E-state index contributed by atoms with van der Waals surface area (Å²) in [7, 11) is 0. The zero-order valence-electron chi connectivity index (χ0n) is 18.5. The fourth-order valence-electron chi connectivity index (χ4n) is 4.33. The van der Waals surface area contributed by atoms with E-state index in [1.54, 1.807) is 0 Å². The van der Waals surface area contributed by atoms with Crippen LogP contribution in [0.15, 0.2) is 42.3 Å². The Morgan fingerprint density at radius 3 is 2.60 bits per heavy atom. The Labute approximate surface area is 178 Å². The van der Waals surface area contributed by atoms with Gasteiger partial charge in [-0.15, -0.1) is 0 Å². The van der Waals surface area contributed by atoms with Gasteiger partial charge in [0.25, 0.3) is 0 Å². The van der Waals surface area contributed by atoms with Gasteiger partial charge >= 0.3 is 0 Å². The first-order valence-electron chi connectivity index (χ1n) is 11.0. The van der Waals surface area contributed by atoms with Gasteiger partial charge in [-0.2, -0.15) is 5.10 Å². The molecule has 0 N–H and O–H groups in total. The van der Waals surface area contributed by atoms with E-state index < -0.39 is 6.17 Å². The first-order chi connectivity index (χ1) is 14.5. The molecule has 2 saturated heterocycles. The maximum absolute atomic E-state index is 13.4. The summed E-state index contributed by atoms with van der Waals surface area (Å²) in [5, 5.41) is 4.88. The van der Waals surface area contributed by atoms with Crippen LogP contribution in [0.1, 0.15) is 45.4 Å². The van der Waals surface area contributed by atoms with Crippen molar-refractivity contribution in [3.8, 4) is 5.69 Å². The predicted molar refractivity (Wildman–Crippen MR) is 121 cm³/mol. The second-order valence-corrected chi connectivity index (χ2v) is 8.53. The minimum Gasteiger partial charge on any atom is -0.353 e. The highest BCUT2D eigenvalue weighted by atomic mass is 19.1. The van der Waals surface area contributed by atoms with Gasteiger partial charge in [-0.05, 0) is 51.3 Å². The van der Waals surface area contributed by atoms with Crippen LogP contribution < -0.4 is 4.90 Å². The maximum Gasteiger partial charge on any atom is 0.128 e. The summed E-state index contributed by atoms with van der Waals surface area (Å²) in [5.41, 5.74) is 5.68. The number of pyridine rings is 1. The molecular weight excluding hydrogens is 377 g/mol. The number of allylic oxidation sites excluding steroid dienone is 4. The quantitative estimate of drug-likeness (QED) is 0.662. The lowest BCUT2D eigenvalue weighted by atomic mass is 10.0. The molecule has 160 valence electrons. The molecule has 2 aliphatic heterocycles. The molecule has 2 aliphatic rings. The van der Waals surface area contributed by atoms with Crippen molar-refractivity contribution in [1.82, 2.24) is 19.7 Å². The van der Waals surface area contributed by atoms with Gasteiger partial charge in [0.05, 0.1) is 17.6 Å². The summed E-state index contributed by atoms with van der Waals surface area (Å²) in [6.45, 7) is 11.8. The maximum atomic E-state index is 13.4. The Morgan fingerprint density at radius 2 is 2.03 bits per heavy atom. The summed E-state index contributed by atoms with van der Waals surface area (Å²) in [6, 6.07) is 4.60. The zero-order chi connectivity index (χ0) is 21.3. The van der Waals surface area contributed by atoms with Crippen molar-refractivity contribution in [3.63, 3.8) is 0 Å². The van der Waals surface area contributed by atoms with E-state index in [1.807, 2.05) is 17.8 Å². The van der Waals surface area contributed by atoms with Crippen molar-refractivity contribution in [2.24, 2.45) is 0 Å². The molecule has 6 heteroatoms. The molecule has 30 heavy (non-hydrogen) atoms. The third-order valence-corrected chi connectivity index (χ3v) is 6.16. The van der Waals surface area contributed by atoms with Crippen LogP contribution in [0.5, 0.6) is 0 Å². The van der Waals surface area contributed by atoms with Gasteiger partial charge in [0.1, 0.15) is 12.0 Å². The molecule has 0 aromatic carbocycles. The van der Waals surface area contributed by atoms with E-state index in [4.69, 9.17) is 5.10 Å². The second-order valence-electron chi connectivity index (χ2n) is 8.53. The Hall–Kier alpha value is -2.47. The Balaban J connectivity index is 1.48. The number of nitrogens with zero attached hydrogens (tertiary/aromatic N) is 5. The number of anilines is 1. The molecule has 0 spiro atoms. The van der Waals surface area contributed by atoms with Gasteiger partial charge in [-0.25, -0.2) is 14.1 Å². The van der Waals surface area contributed by atoms with Gasteiger partial charge in [0.15, 0.2) is 0 Å². The summed E-state index contributed by atoms with van der Waals surface area (Å²) < 4.78 is 15.4. The Bertz CT molecular complexity index is 933. The van der Waals surface area contributed by atoms with Crippen LogP contribution in [0.4, 0.5) is 10.2 Å². The lowest BCUT2D eigenvalue weighted by molar-refractivity contribution is 0.188. The first kappa shape index (κ1) is 20.8. The first-order valence-corrected chi connectivity index (χ1v) is 11.0. The zero-order valence-corrected chi connectivity index (χ0v) is 18.5. The molecule has 0 aliphatic carbocycles. The summed E-state index contributed by atoms with van der Waals surface area (Å²) in [4.78, 5) is 9.22. The monoisotopic (exact) mass is 409 g/mol. The third kappa shape index (κ3) is 4.06. The number of hydrogen-bond donors (Lipinski definition) is 0. The minimum absolute atomic E-state index is 0.460. The molecule has 5 nitrogen and oxygen atoms in total. The highest BCUT2D eigenvalue weighted by molar-refractivity contribution is 5.75. The molecule has 2 fully saturated rings. The number of rotatable bonds is 6. The molecule has 4 rings (SSSR count). The van der Waals surface area contributed by atoms with Crippen LogP contribution in [-0.4, -0.2) is 58.1 Å². The van der Waals surface area contributed by atoms with Crippen molar-refractivity contribution >= 4 is 11.4 Å². The highest BCUT2D eigenvalue weighted by Crippen LogP contribution is 2.27. The van der Waals surface area contributed by atoms with Crippen molar-refractivity contribution in [2.75, 3.05) is 31.1 Å². The molecule has 1 unspecified atom stereocenters. The van der Waals surface area contributed by atoms with Crippen molar-refractivity contribution in [3.05, 3.63) is 53.5 Å². The number of aryl methyl sites for hydroxylation is 1. The van der Waals surface area contributed by atoms with E-state index in [9.17, 15) is 4.39 Å². The van der Waals surface area contributed by atoms with Crippen LogP contribution in [0.25, 0.3) is 11.3 Å². The summed E-state index contributed by atoms with van der Waals surface area (Å²) >= 11 is 0. The number of likely N-dealkylation sites (tertiary alicyclic amines) is 1. The van der Waals surface area contributed by atoms with E-state index >= 15 is 0 Å². The van der Waals surface area contributed by atoms with E-state index in [0.29, 0.717) is 19.0 Å². The van der Waals surface area contributed by atoms with Gasteiger partial charge in [0.2, 0.25) is 0 Å². The van der Waals surface area contributed by atoms with E-state index in [2.05, 4.69) is 66.0 Å². The number of alkyl halides is 1. The van der Waals surface area contributed by atoms with Crippen molar-refractivity contribution in [1.29, 1.82) is 0 Å². The smallest absolute Gasteiger partial charge is 0.128 e. The molecule has 0 bridgehead atoms. The van der Waals surface area contributed by atoms with E-state index in [1.165, 1.54) is 16.7 Å². The topological polar surface area (TPSA) is 37.2 Å². The molecule has 0 saturated carbocycles. The Kier molecular flexibility index (Phi) is 6.04. The number of aromatic nitrogens is 3. The SMILES string of the molecule is C/C=C\C(=C(C)C)c1nn(-c2ccc(N3CC(N4CCC(F)C4)C3)nc2)cc1CC. The van der Waals surface area contributed by atoms with Crippen LogP contribution in [0.2, 0.25) is 0 Å². The van der Waals surface area contributed by atoms with Crippen molar-refractivity contribution < 1.29 is 4.39 Å². The lowest BCUT2D eigenvalue weighted by Crippen LogP contribution is -2.59. The average Bonchev–Trinajstić information content (AvgIpc) is 3.31. The minimum atomic E-state index is -0.650. The number of hydrogen-bond acceptors (Lipinski definition) is 4. The summed E-state index contributed by atoms with van der Waals surface area (Å²) in [5.74, 6) is 0.980. The fraction of sp³-hybridized carbons (Fsp3) is 0.500. The molecule has 4 heterocycles. The average molecular weight is 410 g/mol. The van der Waals surface area contributed by atoms with Crippen LogP contribution in [0.3, 0.4) is 0 Å². The molecule has 0 amide bonds. The molecule has 0 radical (unpaired) electrons. The van der Waals surface area contributed by atoms with E-state index in [0.717, 1.165) is 43.3 Å². The van der Waals surface area contributed by atoms with Gasteiger partial charge in [0, 0.05) is 44.0 Å². The van der Waals surface area contributed by atoms with Crippen LogP contribution >= 0.6 is 0 Å². The fourth-order valence-corrected chi connectivity index (χ4v) is 4.33. The molecular formula is C24H32FN5.